The fourth-order valence-electron chi connectivity index (χ4n) is 7.28. The molecule has 1 amide bonds. The van der Waals surface area contributed by atoms with Crippen LogP contribution in [-0.4, -0.2) is 76.7 Å². The van der Waals surface area contributed by atoms with Gasteiger partial charge in [0.25, 0.3) is 5.56 Å². The molecule has 3 aliphatic heterocycles. The Labute approximate surface area is 259 Å². The van der Waals surface area contributed by atoms with Gasteiger partial charge in [0, 0.05) is 61.4 Å². The lowest BCUT2D eigenvalue weighted by Crippen LogP contribution is -2.53. The van der Waals surface area contributed by atoms with E-state index in [9.17, 15) is 24.3 Å². The second-order valence-corrected chi connectivity index (χ2v) is 12.4. The number of nitrogens with zero attached hydrogens (tertiary/aromatic N) is 3. The molecule has 11 nitrogen and oxygen atoms in total. The van der Waals surface area contributed by atoms with Crippen molar-refractivity contribution in [2.24, 2.45) is 16.8 Å². The maximum Gasteiger partial charge on any atom is 0.250 e. The zero-order chi connectivity index (χ0) is 31.7. The Hall–Kier alpha value is -4.12. The van der Waals surface area contributed by atoms with Crippen molar-refractivity contribution in [2.45, 2.75) is 57.7 Å². The number of allylic oxidation sites excluding steroid dienone is 1. The van der Waals surface area contributed by atoms with Crippen LogP contribution in [0, 0.1) is 11.8 Å². The summed E-state index contributed by atoms with van der Waals surface area (Å²) in [6.45, 7) is 6.33. The Morgan fingerprint density at radius 2 is 1.89 bits per heavy atom. The highest BCUT2D eigenvalue weighted by molar-refractivity contribution is 6.35. The molecule has 0 saturated carbocycles. The minimum atomic E-state index is -1.94. The van der Waals surface area contributed by atoms with E-state index in [1.807, 2.05) is 6.07 Å². The fraction of sp³-hybridized carbons (Fsp3) is 0.469. The number of aliphatic hydroxyl groups is 1. The Bertz CT molecular complexity index is 1730. The van der Waals surface area contributed by atoms with Crippen LogP contribution in [0.4, 0.5) is 0 Å². The summed E-state index contributed by atoms with van der Waals surface area (Å²) < 4.78 is 18.7. The van der Waals surface area contributed by atoms with Gasteiger partial charge in [-0.3, -0.25) is 24.2 Å². The summed E-state index contributed by atoms with van der Waals surface area (Å²) in [5, 5.41) is 11.7. The fourth-order valence-corrected chi connectivity index (χ4v) is 7.55. The second kappa shape index (κ2) is 10.8. The van der Waals surface area contributed by atoms with Gasteiger partial charge in [-0.25, -0.2) is 0 Å². The van der Waals surface area contributed by atoms with Crippen molar-refractivity contribution >= 4 is 34.8 Å². The summed E-state index contributed by atoms with van der Waals surface area (Å²) in [7, 11) is 2.80. The van der Waals surface area contributed by atoms with Crippen molar-refractivity contribution < 1.29 is 33.7 Å². The number of aromatic nitrogens is 1. The van der Waals surface area contributed by atoms with Gasteiger partial charge in [0.1, 0.15) is 28.1 Å². The molecule has 2 bridgehead atoms. The minimum Gasteiger partial charge on any atom is -0.507 e. The number of benzene rings is 1. The molecular formula is C32H34ClN3O8. The summed E-state index contributed by atoms with van der Waals surface area (Å²) in [5.41, 5.74) is -1.03. The number of hydrogen-bond acceptors (Lipinski definition) is 9. The Balaban J connectivity index is 1.31. The van der Waals surface area contributed by atoms with Crippen LogP contribution in [0.15, 0.2) is 45.4 Å². The van der Waals surface area contributed by atoms with Gasteiger partial charge in [0.2, 0.25) is 17.3 Å². The summed E-state index contributed by atoms with van der Waals surface area (Å²) >= 11 is 6.52. The van der Waals surface area contributed by atoms with Crippen LogP contribution >= 0.6 is 11.6 Å². The van der Waals surface area contributed by atoms with Gasteiger partial charge in [-0.1, -0.05) is 24.6 Å². The molecule has 1 spiro atoms. The number of pyridine rings is 1. The third-order valence-corrected chi connectivity index (χ3v) is 9.73. The number of carbonyl (C=O) groups is 3. The third kappa shape index (κ3) is 4.35. The molecular weight excluding hydrogens is 590 g/mol. The van der Waals surface area contributed by atoms with Crippen LogP contribution in [0.3, 0.4) is 0 Å². The normalized spacial score (nSPS) is 26.7. The quantitative estimate of drug-likeness (QED) is 0.498. The standard InChI is InChI=1S/C32H34ClN3O8/c1-15-9-21(37)25(29(39)32(15)30(40)26-22(42-4)11-23(43-5)27(33)28(26)44-32)16(2)34-17(3)31(41)35-12-18-10-19(14-35)20-7-6-8-24(38)36(20)13-18/h6-8,11,15,17-19,39H,9-10,12-14H2,1-5H3/t15-,17+,18?,19?,32+/m1/s1. The number of aliphatic hydroxyl groups excluding tert-OH is 1. The average Bonchev–Trinajstić information content (AvgIpc) is 3.31. The van der Waals surface area contributed by atoms with Crippen LogP contribution in [0.25, 0.3) is 0 Å². The smallest absolute Gasteiger partial charge is 0.250 e. The number of methoxy groups -OCH3 is 2. The summed E-state index contributed by atoms with van der Waals surface area (Å²) in [4.78, 5) is 59.7. The van der Waals surface area contributed by atoms with Crippen molar-refractivity contribution in [2.75, 3.05) is 27.3 Å². The van der Waals surface area contributed by atoms with Crippen LogP contribution in [-0.2, 0) is 16.1 Å². The molecule has 2 aromatic rings. The van der Waals surface area contributed by atoms with E-state index in [-0.39, 0.29) is 68.8 Å². The van der Waals surface area contributed by atoms with Crippen molar-refractivity contribution in [1.82, 2.24) is 9.47 Å². The predicted molar refractivity (Wildman–Crippen MR) is 161 cm³/mol. The molecule has 4 heterocycles. The van der Waals surface area contributed by atoms with Crippen molar-refractivity contribution in [3.63, 3.8) is 0 Å². The molecule has 6 rings (SSSR count). The van der Waals surface area contributed by atoms with Gasteiger partial charge in [0.05, 0.1) is 19.8 Å². The topological polar surface area (TPSA) is 137 Å². The highest BCUT2D eigenvalue weighted by Gasteiger charge is 2.61. The van der Waals surface area contributed by atoms with Crippen molar-refractivity contribution in [1.29, 1.82) is 0 Å². The average molecular weight is 624 g/mol. The van der Waals surface area contributed by atoms with E-state index in [0.29, 0.717) is 19.6 Å². The Kier molecular flexibility index (Phi) is 7.34. The highest BCUT2D eigenvalue weighted by Crippen LogP contribution is 2.54. The number of piperidine rings is 1. The maximum atomic E-state index is 14.0. The van der Waals surface area contributed by atoms with Crippen LogP contribution in [0.1, 0.15) is 55.6 Å². The molecule has 1 saturated heterocycles. The van der Waals surface area contributed by atoms with E-state index in [4.69, 9.17) is 25.8 Å². The molecule has 5 atom stereocenters. The molecule has 1 aliphatic carbocycles. The molecule has 1 aromatic heterocycles. The number of hydrogen-bond donors (Lipinski definition) is 1. The number of ether oxygens (including phenoxy) is 3. The number of likely N-dealkylation sites (tertiary alicyclic amines) is 1. The van der Waals surface area contributed by atoms with Gasteiger partial charge in [-0.15, -0.1) is 0 Å². The zero-order valence-corrected chi connectivity index (χ0v) is 25.9. The molecule has 1 aromatic carbocycles. The largest absolute Gasteiger partial charge is 0.507 e. The molecule has 12 heteroatoms. The molecule has 1 N–H and O–H groups in total. The number of Topliss-reactive ketones (excluding diaryl/α,β-unsaturated/α-hetero) is 2. The first-order valence-electron chi connectivity index (χ1n) is 14.6. The second-order valence-electron chi connectivity index (χ2n) is 12.0. The number of ketones is 2. The van der Waals surface area contributed by atoms with Crippen LogP contribution in [0.2, 0.25) is 5.02 Å². The lowest BCUT2D eigenvalue weighted by Gasteiger charge is -2.43. The zero-order valence-electron chi connectivity index (χ0n) is 25.2. The summed E-state index contributed by atoms with van der Waals surface area (Å²) in [6.07, 6.45) is 0.788. The van der Waals surface area contributed by atoms with E-state index in [1.54, 1.807) is 35.4 Å². The lowest BCUT2D eigenvalue weighted by atomic mass is 9.72. The summed E-state index contributed by atoms with van der Waals surface area (Å²) in [5.74, 6) is -2.00. The number of carbonyl (C=O) groups excluding carboxylic acids is 3. The predicted octanol–water partition coefficient (Wildman–Crippen LogP) is 3.75. The van der Waals surface area contributed by atoms with E-state index in [0.717, 1.165) is 12.1 Å². The van der Waals surface area contributed by atoms with Gasteiger partial charge < -0.3 is 28.8 Å². The first kappa shape index (κ1) is 29.9. The molecule has 1 fully saturated rings. The molecule has 0 radical (unpaired) electrons. The van der Waals surface area contributed by atoms with Gasteiger partial charge in [-0.2, -0.15) is 0 Å². The number of rotatable bonds is 5. The number of aliphatic imine (C=N–C) groups is 1. The first-order valence-corrected chi connectivity index (χ1v) is 15.0. The van der Waals surface area contributed by atoms with E-state index in [1.165, 1.54) is 27.2 Å². The Morgan fingerprint density at radius 1 is 1.16 bits per heavy atom. The first-order chi connectivity index (χ1) is 20.9. The maximum absolute atomic E-state index is 14.0. The number of halogens is 1. The highest BCUT2D eigenvalue weighted by atomic mass is 35.5. The Morgan fingerprint density at radius 3 is 2.59 bits per heavy atom. The lowest BCUT2D eigenvalue weighted by molar-refractivity contribution is -0.134. The minimum absolute atomic E-state index is 0.00223. The van der Waals surface area contributed by atoms with Gasteiger partial charge in [0.15, 0.2) is 17.3 Å². The molecule has 232 valence electrons. The molecule has 4 aliphatic rings. The SMILES string of the molecule is COc1cc(OC)c2c(c1Cl)O[C@]1(C2=O)C(O)=C(C(C)=N[C@@H](C)C(=O)N2CC3CC(C2)c2cccc(=O)n2C3)C(=O)C[C@H]1C. The van der Waals surface area contributed by atoms with Crippen molar-refractivity contribution in [3.05, 3.63) is 62.2 Å². The van der Waals surface area contributed by atoms with E-state index in [2.05, 4.69) is 4.99 Å². The van der Waals surface area contributed by atoms with Gasteiger partial charge >= 0.3 is 0 Å². The number of amides is 1. The van der Waals surface area contributed by atoms with Crippen LogP contribution < -0.4 is 19.8 Å². The van der Waals surface area contributed by atoms with Crippen molar-refractivity contribution in [3.8, 4) is 17.2 Å². The number of fused-ring (bicyclic) bond motifs is 5. The van der Waals surface area contributed by atoms with Gasteiger partial charge in [-0.05, 0) is 32.3 Å². The summed E-state index contributed by atoms with van der Waals surface area (Å²) in [6, 6.07) is 5.84. The monoisotopic (exact) mass is 623 g/mol. The molecule has 2 unspecified atom stereocenters. The third-order valence-electron chi connectivity index (χ3n) is 9.37. The molecule has 44 heavy (non-hydrogen) atoms. The van der Waals surface area contributed by atoms with Crippen LogP contribution in [0.5, 0.6) is 17.2 Å². The van der Waals surface area contributed by atoms with E-state index < -0.39 is 34.9 Å². The van der Waals surface area contributed by atoms with E-state index >= 15 is 0 Å².